The average Bonchev–Trinajstić information content (AvgIpc) is 2.49. The van der Waals surface area contributed by atoms with Crippen LogP contribution in [0.5, 0.6) is 0 Å². The Hall–Kier alpha value is 0.0684. The first kappa shape index (κ1) is 21.1. The maximum Gasteiger partial charge on any atom is -1.00 e. The van der Waals surface area contributed by atoms with E-state index < -0.39 is 13.6 Å². The van der Waals surface area contributed by atoms with Gasteiger partial charge in [0.1, 0.15) is 0 Å². The molecule has 1 aromatic rings. The molecule has 21 heavy (non-hydrogen) atoms. The van der Waals surface area contributed by atoms with Gasteiger partial charge < -0.3 is 12.4 Å². The van der Waals surface area contributed by atoms with Gasteiger partial charge >= 0.3 is 130 Å². The van der Waals surface area contributed by atoms with Gasteiger partial charge in [-0.15, -0.1) is 0 Å². The predicted octanol–water partition coefficient (Wildman–Crippen LogP) is 3.62. The molecule has 0 saturated heterocycles. The molecule has 0 fully saturated rings. The van der Waals surface area contributed by atoms with Crippen molar-refractivity contribution < 1.29 is 12.4 Å². The minimum atomic E-state index is -1.49. The van der Waals surface area contributed by atoms with Crippen molar-refractivity contribution in [2.75, 3.05) is 0 Å². The number of halogens is 1. The second-order valence-corrected chi connectivity index (χ2v) is 15.3. The molecule has 0 bridgehead atoms. The van der Waals surface area contributed by atoms with Crippen LogP contribution in [0.2, 0.25) is 15.6 Å². The Morgan fingerprint density at radius 1 is 0.714 bits per heavy atom. The summed E-state index contributed by atoms with van der Waals surface area (Å²) in [6.07, 6.45) is 8.51. The molecule has 0 aliphatic heterocycles. The molecule has 0 amide bonds. The molecule has 0 saturated carbocycles. The van der Waals surface area contributed by atoms with Gasteiger partial charge in [0.05, 0.1) is 0 Å². The zero-order valence-electron chi connectivity index (χ0n) is 14.3. The SMILES string of the molecule is CCCC[As+](CCCC)(CCCC)Cc1ccccc1.[Cl-]. The zero-order chi connectivity index (χ0) is 14.7. The van der Waals surface area contributed by atoms with Crippen LogP contribution in [0.25, 0.3) is 0 Å². The molecular formula is C19H34AsCl. The Morgan fingerprint density at radius 3 is 1.52 bits per heavy atom. The number of hydrogen-bond donors (Lipinski definition) is 0. The van der Waals surface area contributed by atoms with Crippen molar-refractivity contribution in [3.05, 3.63) is 35.9 Å². The van der Waals surface area contributed by atoms with Crippen LogP contribution in [-0.2, 0) is 5.21 Å². The van der Waals surface area contributed by atoms with E-state index in [1.165, 1.54) is 43.7 Å². The molecule has 0 radical (unpaired) electrons. The summed E-state index contributed by atoms with van der Waals surface area (Å²) in [5.74, 6) is 0. The fraction of sp³-hybridized carbons (Fsp3) is 0.684. The first-order valence-corrected chi connectivity index (χ1v) is 14.0. The third-order valence-corrected chi connectivity index (χ3v) is 14.5. The van der Waals surface area contributed by atoms with Crippen LogP contribution in [0.4, 0.5) is 0 Å². The molecule has 0 spiro atoms. The van der Waals surface area contributed by atoms with E-state index in [4.69, 9.17) is 0 Å². The third-order valence-electron chi connectivity index (χ3n) is 4.32. The fourth-order valence-corrected chi connectivity index (χ4v) is 13.7. The van der Waals surface area contributed by atoms with Crippen LogP contribution in [0.15, 0.2) is 30.3 Å². The molecule has 0 nitrogen and oxygen atoms in total. The molecular weight excluding hydrogens is 339 g/mol. The molecule has 0 unspecified atom stereocenters. The maximum atomic E-state index is 2.36. The first-order chi connectivity index (χ1) is 9.76. The summed E-state index contributed by atoms with van der Waals surface area (Å²) in [6, 6.07) is 11.3. The van der Waals surface area contributed by atoms with Crippen LogP contribution < -0.4 is 12.4 Å². The number of benzene rings is 1. The summed E-state index contributed by atoms with van der Waals surface area (Å²) in [4.78, 5) is 0. The zero-order valence-corrected chi connectivity index (χ0v) is 16.9. The molecule has 1 rings (SSSR count). The van der Waals surface area contributed by atoms with E-state index in [0.29, 0.717) is 0 Å². The second kappa shape index (κ2) is 12.6. The normalized spacial score (nSPS) is 11.2. The van der Waals surface area contributed by atoms with E-state index in [1.807, 2.05) is 0 Å². The summed E-state index contributed by atoms with van der Waals surface area (Å²) in [5.41, 5.74) is 1.61. The van der Waals surface area contributed by atoms with Crippen molar-refractivity contribution in [1.29, 1.82) is 0 Å². The Kier molecular flexibility index (Phi) is 12.6. The quantitative estimate of drug-likeness (QED) is 0.520. The van der Waals surface area contributed by atoms with E-state index in [-0.39, 0.29) is 12.4 Å². The first-order valence-electron chi connectivity index (χ1n) is 8.65. The van der Waals surface area contributed by atoms with Crippen molar-refractivity contribution in [1.82, 2.24) is 0 Å². The largest absolute Gasteiger partial charge is 1.00 e. The maximum absolute atomic E-state index is 2.36. The monoisotopic (exact) mass is 372 g/mol. The molecule has 122 valence electrons. The van der Waals surface area contributed by atoms with Crippen LogP contribution in [0.3, 0.4) is 0 Å². The Balaban J connectivity index is 0.00000400. The van der Waals surface area contributed by atoms with Crippen LogP contribution in [-0.4, -0.2) is 13.6 Å². The molecule has 0 aromatic heterocycles. The standard InChI is InChI=1S/C19H34As.ClH/c1-4-7-15-20(16-8-5-2,17-9-6-3)18-19-13-11-10-12-14-19;/h10-14H,4-9,15-18H2,1-3H3;1H/q+1;/p-1. The van der Waals surface area contributed by atoms with Gasteiger partial charge in [-0.1, -0.05) is 0 Å². The van der Waals surface area contributed by atoms with E-state index >= 15 is 0 Å². The minimum Gasteiger partial charge on any atom is -1.00 e. The molecule has 0 aliphatic rings. The number of hydrogen-bond acceptors (Lipinski definition) is 0. The van der Waals surface area contributed by atoms with Crippen molar-refractivity contribution in [2.45, 2.75) is 80.1 Å². The van der Waals surface area contributed by atoms with Gasteiger partial charge in [0.2, 0.25) is 0 Å². The molecule has 2 heteroatoms. The van der Waals surface area contributed by atoms with Gasteiger partial charge in [-0.05, 0) is 0 Å². The summed E-state index contributed by atoms with van der Waals surface area (Å²) < 4.78 is 0. The van der Waals surface area contributed by atoms with Gasteiger partial charge in [0, 0.05) is 0 Å². The minimum absolute atomic E-state index is 0. The van der Waals surface area contributed by atoms with E-state index in [1.54, 1.807) is 21.2 Å². The molecule has 0 heterocycles. The van der Waals surface area contributed by atoms with E-state index in [2.05, 4.69) is 51.1 Å². The average molecular weight is 373 g/mol. The topological polar surface area (TPSA) is 0 Å². The van der Waals surface area contributed by atoms with Crippen molar-refractivity contribution in [2.24, 2.45) is 0 Å². The van der Waals surface area contributed by atoms with E-state index in [0.717, 1.165) is 0 Å². The number of unbranched alkanes of at least 4 members (excludes halogenated alkanes) is 3. The van der Waals surface area contributed by atoms with Gasteiger partial charge in [0.25, 0.3) is 0 Å². The fourth-order valence-electron chi connectivity index (χ4n) is 3.02. The Bertz CT molecular complexity index is 315. The molecule has 0 N–H and O–H groups in total. The van der Waals surface area contributed by atoms with E-state index in [9.17, 15) is 0 Å². The smallest absolute Gasteiger partial charge is 1.00 e. The summed E-state index contributed by atoms with van der Waals surface area (Å²) in [7, 11) is 0. The van der Waals surface area contributed by atoms with Crippen molar-refractivity contribution >= 4 is 13.6 Å². The molecule has 0 atom stereocenters. The Labute approximate surface area is 142 Å². The Morgan fingerprint density at radius 2 is 1.14 bits per heavy atom. The summed E-state index contributed by atoms with van der Waals surface area (Å²) >= 11 is -1.49. The second-order valence-electron chi connectivity index (χ2n) is 6.22. The van der Waals surface area contributed by atoms with Crippen LogP contribution >= 0.6 is 0 Å². The van der Waals surface area contributed by atoms with Crippen molar-refractivity contribution in [3.8, 4) is 0 Å². The summed E-state index contributed by atoms with van der Waals surface area (Å²) in [5, 5.41) is 6.22. The van der Waals surface area contributed by atoms with Gasteiger partial charge in [-0.2, -0.15) is 0 Å². The number of rotatable bonds is 11. The van der Waals surface area contributed by atoms with Gasteiger partial charge in [-0.3, -0.25) is 0 Å². The van der Waals surface area contributed by atoms with Crippen LogP contribution in [0.1, 0.15) is 64.9 Å². The molecule has 0 aliphatic carbocycles. The molecule has 1 aromatic carbocycles. The summed E-state index contributed by atoms with van der Waals surface area (Å²) in [6.45, 7) is 7.06. The van der Waals surface area contributed by atoms with Crippen molar-refractivity contribution in [3.63, 3.8) is 0 Å². The predicted molar refractivity (Wildman–Crippen MR) is 95.0 cm³/mol. The third kappa shape index (κ3) is 8.32. The van der Waals surface area contributed by atoms with Gasteiger partial charge in [-0.25, -0.2) is 0 Å². The van der Waals surface area contributed by atoms with Crippen LogP contribution in [0, 0.1) is 0 Å². The van der Waals surface area contributed by atoms with Gasteiger partial charge in [0.15, 0.2) is 0 Å².